The molecule has 48 heavy (non-hydrogen) atoms. The van der Waals surface area contributed by atoms with E-state index in [4.69, 9.17) is 19.7 Å². The first-order valence-corrected chi connectivity index (χ1v) is 17.6. The highest BCUT2D eigenvalue weighted by Crippen LogP contribution is 2.64. The van der Waals surface area contributed by atoms with Crippen LogP contribution < -0.4 is 4.74 Å². The minimum Gasteiger partial charge on any atom is -0.457 e. The Morgan fingerprint density at radius 1 is 0.479 bits per heavy atom. The van der Waals surface area contributed by atoms with Gasteiger partial charge in [-0.2, -0.15) is 0 Å². The van der Waals surface area contributed by atoms with Crippen LogP contribution >= 0.6 is 0 Å². The van der Waals surface area contributed by atoms with Crippen LogP contribution in [0.3, 0.4) is 0 Å². The summed E-state index contributed by atoms with van der Waals surface area (Å²) in [5, 5.41) is 0. The zero-order valence-electron chi connectivity index (χ0n) is 26.8. The van der Waals surface area contributed by atoms with Crippen molar-refractivity contribution in [3.63, 3.8) is 0 Å². The topological polar surface area (TPSA) is 47.9 Å². The lowest BCUT2D eigenvalue weighted by molar-refractivity contribution is -0.00938. The highest BCUT2D eigenvalue weighted by molar-refractivity contribution is 5.95. The van der Waals surface area contributed by atoms with E-state index in [1.807, 2.05) is 0 Å². The summed E-state index contributed by atoms with van der Waals surface area (Å²) in [4.78, 5) is 16.2. The molecule has 0 atom stereocenters. The van der Waals surface area contributed by atoms with Crippen molar-refractivity contribution in [2.24, 2.45) is 17.8 Å². The number of aromatic nitrogens is 3. The van der Waals surface area contributed by atoms with Crippen LogP contribution in [0.4, 0.5) is 0 Å². The average molecular weight is 622 g/mol. The molecule has 0 saturated heterocycles. The summed E-state index contributed by atoms with van der Waals surface area (Å²) >= 11 is 0. The van der Waals surface area contributed by atoms with Crippen molar-refractivity contribution < 1.29 is 4.74 Å². The second-order valence-corrected chi connectivity index (χ2v) is 15.0. The number of ether oxygens (including phenoxy) is 1. The first-order chi connectivity index (χ1) is 23.7. The highest BCUT2D eigenvalue weighted by Gasteiger charge is 2.54. The van der Waals surface area contributed by atoms with Crippen LogP contribution in [0, 0.1) is 17.8 Å². The Morgan fingerprint density at radius 3 is 1.71 bits per heavy atom. The molecule has 4 fully saturated rings. The molecule has 6 aromatic rings. The van der Waals surface area contributed by atoms with E-state index in [0.29, 0.717) is 0 Å². The quantitative estimate of drug-likeness (QED) is 0.197. The molecule has 12 rings (SSSR count). The fourth-order valence-electron chi connectivity index (χ4n) is 10.9. The van der Waals surface area contributed by atoms with Gasteiger partial charge in [-0.05, 0) is 90.7 Å². The molecule has 232 valence electrons. The SMILES string of the molecule is c1ccc(-c2nc(-c3cccc4c3-c3ccccc3C43c4ccccc4Oc4ccccc43)nc(C34CC5CC(CC(C5)C3)C4)n2)cc1. The minimum atomic E-state index is -0.522. The van der Waals surface area contributed by atoms with Crippen molar-refractivity contribution >= 4 is 0 Å². The fraction of sp³-hybridized carbons (Fsp3) is 0.250. The second kappa shape index (κ2) is 9.73. The Labute approximate surface area is 280 Å². The molecular weight excluding hydrogens is 587 g/mol. The van der Waals surface area contributed by atoms with Gasteiger partial charge in [-0.1, -0.05) is 109 Å². The molecular formula is C44H35N3O. The van der Waals surface area contributed by atoms with Crippen LogP contribution in [0.5, 0.6) is 11.5 Å². The zero-order chi connectivity index (χ0) is 31.5. The van der Waals surface area contributed by atoms with Crippen LogP contribution in [0.2, 0.25) is 0 Å². The van der Waals surface area contributed by atoms with Crippen LogP contribution in [-0.4, -0.2) is 15.0 Å². The van der Waals surface area contributed by atoms with Gasteiger partial charge in [0.25, 0.3) is 0 Å². The van der Waals surface area contributed by atoms with Gasteiger partial charge in [0.05, 0.1) is 5.41 Å². The van der Waals surface area contributed by atoms with Gasteiger partial charge in [0.2, 0.25) is 0 Å². The molecule has 4 heteroatoms. The molecule has 5 aliphatic carbocycles. The third-order valence-electron chi connectivity index (χ3n) is 12.3. The Balaban J connectivity index is 1.19. The molecule has 4 bridgehead atoms. The number of hydrogen-bond donors (Lipinski definition) is 0. The number of rotatable bonds is 3. The highest BCUT2D eigenvalue weighted by atomic mass is 16.5. The van der Waals surface area contributed by atoms with Crippen molar-refractivity contribution in [2.75, 3.05) is 0 Å². The number of para-hydroxylation sites is 2. The van der Waals surface area contributed by atoms with Gasteiger partial charge in [0.15, 0.2) is 11.6 Å². The van der Waals surface area contributed by atoms with E-state index in [1.54, 1.807) is 0 Å². The van der Waals surface area contributed by atoms with E-state index in [-0.39, 0.29) is 5.41 Å². The predicted molar refractivity (Wildman–Crippen MR) is 188 cm³/mol. The Kier molecular flexibility index (Phi) is 5.46. The lowest BCUT2D eigenvalue weighted by atomic mass is 9.49. The van der Waals surface area contributed by atoms with E-state index in [9.17, 15) is 0 Å². The Morgan fingerprint density at radius 2 is 1.02 bits per heavy atom. The fourth-order valence-corrected chi connectivity index (χ4v) is 10.9. The molecule has 5 aromatic carbocycles. The van der Waals surface area contributed by atoms with Gasteiger partial charge in [-0.25, -0.2) is 15.0 Å². The molecule has 1 spiro atoms. The standard InChI is InChI=1S/C44H35N3O/c1-2-11-30(12-3-1)40-45-41(47-42(46-40)43-24-27-21-28(25-43)23-29(22-27)26-43)32-14-10-18-36-39(32)31-13-4-5-15-33(31)44(36)34-16-6-8-19-37(34)48-38-20-9-7-17-35(38)44/h1-20,27-29H,21-26H2. The molecule has 4 saturated carbocycles. The first kappa shape index (κ1) is 26.9. The molecule has 0 amide bonds. The predicted octanol–water partition coefficient (Wildman–Crippen LogP) is 10.1. The second-order valence-electron chi connectivity index (χ2n) is 15.0. The van der Waals surface area contributed by atoms with Crippen molar-refractivity contribution in [1.29, 1.82) is 0 Å². The summed E-state index contributed by atoms with van der Waals surface area (Å²) in [5.41, 5.74) is 8.94. The molecule has 6 aliphatic rings. The average Bonchev–Trinajstić information content (AvgIpc) is 3.42. The summed E-state index contributed by atoms with van der Waals surface area (Å²) in [6, 6.07) is 43.3. The number of fused-ring (bicyclic) bond motifs is 9. The minimum absolute atomic E-state index is 0.0473. The first-order valence-electron chi connectivity index (χ1n) is 17.6. The molecule has 0 radical (unpaired) electrons. The third-order valence-corrected chi connectivity index (χ3v) is 12.3. The Hall–Kier alpha value is -5.09. The van der Waals surface area contributed by atoms with Gasteiger partial charge in [0, 0.05) is 27.7 Å². The van der Waals surface area contributed by atoms with Gasteiger partial charge in [-0.15, -0.1) is 0 Å². The molecule has 1 aliphatic heterocycles. The van der Waals surface area contributed by atoms with Gasteiger partial charge in [0.1, 0.15) is 17.3 Å². The van der Waals surface area contributed by atoms with Crippen LogP contribution in [0.1, 0.15) is 66.6 Å². The molecule has 0 N–H and O–H groups in total. The molecule has 2 heterocycles. The van der Waals surface area contributed by atoms with Gasteiger partial charge < -0.3 is 4.74 Å². The number of benzene rings is 5. The van der Waals surface area contributed by atoms with Crippen LogP contribution in [-0.2, 0) is 10.8 Å². The molecule has 4 nitrogen and oxygen atoms in total. The van der Waals surface area contributed by atoms with Crippen molar-refractivity contribution in [2.45, 2.75) is 49.4 Å². The lowest BCUT2D eigenvalue weighted by Crippen LogP contribution is -2.49. The number of nitrogens with zero attached hydrogens (tertiary/aromatic N) is 3. The summed E-state index contributed by atoms with van der Waals surface area (Å²) in [6.07, 6.45) is 7.80. The Bertz CT molecular complexity index is 2190. The maximum absolute atomic E-state index is 6.57. The summed E-state index contributed by atoms with van der Waals surface area (Å²) < 4.78 is 6.57. The van der Waals surface area contributed by atoms with E-state index in [1.165, 1.54) is 71.9 Å². The number of hydrogen-bond acceptors (Lipinski definition) is 4. The van der Waals surface area contributed by atoms with Crippen LogP contribution in [0.15, 0.2) is 121 Å². The smallest absolute Gasteiger partial charge is 0.164 e. The monoisotopic (exact) mass is 621 g/mol. The van der Waals surface area contributed by atoms with Gasteiger partial charge >= 0.3 is 0 Å². The van der Waals surface area contributed by atoms with Gasteiger partial charge in [-0.3, -0.25) is 0 Å². The maximum atomic E-state index is 6.57. The largest absolute Gasteiger partial charge is 0.457 e. The van der Waals surface area contributed by atoms with E-state index in [2.05, 4.69) is 121 Å². The molecule has 1 aromatic heterocycles. The van der Waals surface area contributed by atoms with E-state index >= 15 is 0 Å². The maximum Gasteiger partial charge on any atom is 0.164 e. The van der Waals surface area contributed by atoms with E-state index < -0.39 is 5.41 Å². The summed E-state index contributed by atoms with van der Waals surface area (Å²) in [7, 11) is 0. The normalized spacial score (nSPS) is 24.8. The molecule has 0 unspecified atom stereocenters. The summed E-state index contributed by atoms with van der Waals surface area (Å²) in [5.74, 6) is 6.80. The summed E-state index contributed by atoms with van der Waals surface area (Å²) in [6.45, 7) is 0. The zero-order valence-corrected chi connectivity index (χ0v) is 26.8. The van der Waals surface area contributed by atoms with E-state index in [0.717, 1.165) is 57.9 Å². The van der Waals surface area contributed by atoms with Crippen LogP contribution in [0.25, 0.3) is 33.9 Å². The third kappa shape index (κ3) is 3.58. The lowest BCUT2D eigenvalue weighted by Gasteiger charge is -2.56. The van der Waals surface area contributed by atoms with Crippen molar-refractivity contribution in [1.82, 2.24) is 15.0 Å². The van der Waals surface area contributed by atoms with Crippen molar-refractivity contribution in [3.05, 3.63) is 149 Å². The van der Waals surface area contributed by atoms with Crippen molar-refractivity contribution in [3.8, 4) is 45.4 Å².